The fourth-order valence-corrected chi connectivity index (χ4v) is 2.16. The SMILES string of the molecule is CCCN(CCC)c1nc(C)cc(C)c1CO. The molecule has 1 rings (SSSR count). The maximum absolute atomic E-state index is 9.51. The van der Waals surface area contributed by atoms with Crippen molar-refractivity contribution in [1.29, 1.82) is 0 Å². The first-order valence-electron chi connectivity index (χ1n) is 6.46. The molecule has 0 unspecified atom stereocenters. The summed E-state index contributed by atoms with van der Waals surface area (Å²) in [4.78, 5) is 6.89. The summed E-state index contributed by atoms with van der Waals surface area (Å²) in [5.74, 6) is 0.966. The van der Waals surface area contributed by atoms with Crippen LogP contribution in [-0.2, 0) is 6.61 Å². The first-order valence-corrected chi connectivity index (χ1v) is 6.46. The van der Waals surface area contributed by atoms with Gasteiger partial charge < -0.3 is 10.0 Å². The summed E-state index contributed by atoms with van der Waals surface area (Å²) >= 11 is 0. The summed E-state index contributed by atoms with van der Waals surface area (Å²) < 4.78 is 0. The van der Waals surface area contributed by atoms with Crippen molar-refractivity contribution in [2.75, 3.05) is 18.0 Å². The molecule has 1 aromatic rings. The number of aliphatic hydroxyl groups excluding tert-OH is 1. The van der Waals surface area contributed by atoms with Crippen LogP contribution in [0.1, 0.15) is 43.5 Å². The van der Waals surface area contributed by atoms with Gasteiger partial charge in [-0.1, -0.05) is 13.8 Å². The fourth-order valence-electron chi connectivity index (χ4n) is 2.16. The van der Waals surface area contributed by atoms with Crippen LogP contribution in [0.15, 0.2) is 6.07 Å². The van der Waals surface area contributed by atoms with Gasteiger partial charge in [0.25, 0.3) is 0 Å². The van der Waals surface area contributed by atoms with Crippen LogP contribution in [0.5, 0.6) is 0 Å². The Morgan fingerprint density at radius 3 is 2.24 bits per heavy atom. The van der Waals surface area contributed by atoms with Crippen molar-refractivity contribution in [1.82, 2.24) is 4.98 Å². The van der Waals surface area contributed by atoms with Crippen LogP contribution < -0.4 is 4.90 Å². The lowest BCUT2D eigenvalue weighted by atomic mass is 10.1. The minimum atomic E-state index is 0.0678. The second-order valence-electron chi connectivity index (χ2n) is 4.53. The second-order valence-corrected chi connectivity index (χ2v) is 4.53. The number of aliphatic hydroxyl groups is 1. The molecule has 0 radical (unpaired) electrons. The van der Waals surface area contributed by atoms with E-state index < -0.39 is 0 Å². The smallest absolute Gasteiger partial charge is 0.134 e. The van der Waals surface area contributed by atoms with E-state index in [1.54, 1.807) is 0 Å². The average molecular weight is 236 g/mol. The predicted molar refractivity (Wildman–Crippen MR) is 72.4 cm³/mol. The molecule has 0 fully saturated rings. The van der Waals surface area contributed by atoms with Crippen molar-refractivity contribution >= 4 is 5.82 Å². The lowest BCUT2D eigenvalue weighted by Crippen LogP contribution is -2.27. The Balaban J connectivity index is 3.15. The number of pyridine rings is 1. The van der Waals surface area contributed by atoms with E-state index in [0.717, 1.165) is 48.6 Å². The van der Waals surface area contributed by atoms with Crippen molar-refractivity contribution in [3.8, 4) is 0 Å². The predicted octanol–water partition coefficient (Wildman–Crippen LogP) is 2.82. The van der Waals surface area contributed by atoms with E-state index in [2.05, 4.69) is 23.7 Å². The minimum absolute atomic E-state index is 0.0678. The van der Waals surface area contributed by atoms with Gasteiger partial charge in [-0.15, -0.1) is 0 Å². The van der Waals surface area contributed by atoms with Gasteiger partial charge in [0.2, 0.25) is 0 Å². The zero-order valence-electron chi connectivity index (χ0n) is 11.5. The maximum Gasteiger partial charge on any atom is 0.134 e. The molecular weight excluding hydrogens is 212 g/mol. The largest absolute Gasteiger partial charge is 0.392 e. The molecule has 0 aliphatic heterocycles. The van der Waals surface area contributed by atoms with Gasteiger partial charge in [0.15, 0.2) is 0 Å². The molecule has 0 amide bonds. The molecule has 1 aromatic heterocycles. The van der Waals surface area contributed by atoms with Crippen molar-refractivity contribution in [2.45, 2.75) is 47.1 Å². The lowest BCUT2D eigenvalue weighted by Gasteiger charge is -2.26. The maximum atomic E-state index is 9.51. The van der Waals surface area contributed by atoms with Gasteiger partial charge in [0, 0.05) is 24.3 Å². The van der Waals surface area contributed by atoms with Crippen molar-refractivity contribution in [3.05, 3.63) is 22.9 Å². The van der Waals surface area contributed by atoms with Gasteiger partial charge in [-0.3, -0.25) is 0 Å². The minimum Gasteiger partial charge on any atom is -0.392 e. The van der Waals surface area contributed by atoms with E-state index >= 15 is 0 Å². The van der Waals surface area contributed by atoms with Gasteiger partial charge in [-0.05, 0) is 38.3 Å². The van der Waals surface area contributed by atoms with E-state index in [4.69, 9.17) is 0 Å². The molecule has 3 nitrogen and oxygen atoms in total. The molecule has 0 bridgehead atoms. The van der Waals surface area contributed by atoms with E-state index in [9.17, 15) is 5.11 Å². The highest BCUT2D eigenvalue weighted by atomic mass is 16.3. The molecular formula is C14H24N2O. The Morgan fingerprint density at radius 1 is 1.18 bits per heavy atom. The summed E-state index contributed by atoms with van der Waals surface area (Å²) in [5.41, 5.74) is 3.12. The van der Waals surface area contributed by atoms with Crippen LogP contribution in [-0.4, -0.2) is 23.2 Å². The quantitative estimate of drug-likeness (QED) is 0.825. The third-order valence-corrected chi connectivity index (χ3v) is 2.90. The molecule has 3 heteroatoms. The van der Waals surface area contributed by atoms with Crippen LogP contribution in [0.4, 0.5) is 5.82 Å². The van der Waals surface area contributed by atoms with Gasteiger partial charge in [0.1, 0.15) is 5.82 Å². The van der Waals surface area contributed by atoms with E-state index in [1.807, 2.05) is 19.9 Å². The Kier molecular flexibility index (Phi) is 5.42. The summed E-state index contributed by atoms with van der Waals surface area (Å²) in [6, 6.07) is 2.03. The van der Waals surface area contributed by atoms with Crippen molar-refractivity contribution < 1.29 is 5.11 Å². The highest BCUT2D eigenvalue weighted by Crippen LogP contribution is 2.23. The molecule has 0 aliphatic carbocycles. The Labute approximate surface area is 104 Å². The Bertz CT molecular complexity index is 357. The van der Waals surface area contributed by atoms with Crippen LogP contribution in [0.25, 0.3) is 0 Å². The van der Waals surface area contributed by atoms with Crippen molar-refractivity contribution in [2.24, 2.45) is 0 Å². The van der Waals surface area contributed by atoms with Gasteiger partial charge in [-0.25, -0.2) is 4.98 Å². The molecule has 0 aliphatic rings. The van der Waals surface area contributed by atoms with E-state index in [0.29, 0.717) is 0 Å². The van der Waals surface area contributed by atoms with Crippen LogP contribution >= 0.6 is 0 Å². The van der Waals surface area contributed by atoms with Gasteiger partial charge in [-0.2, -0.15) is 0 Å². The molecule has 0 saturated carbocycles. The number of nitrogens with zero attached hydrogens (tertiary/aromatic N) is 2. The number of hydrogen-bond donors (Lipinski definition) is 1. The molecule has 96 valence electrons. The van der Waals surface area contributed by atoms with E-state index in [-0.39, 0.29) is 6.61 Å². The topological polar surface area (TPSA) is 36.4 Å². The summed E-state index contributed by atoms with van der Waals surface area (Å²) in [5, 5.41) is 9.51. The molecule has 0 saturated heterocycles. The third-order valence-electron chi connectivity index (χ3n) is 2.90. The standard InChI is InChI=1S/C14H24N2O/c1-5-7-16(8-6-2)14-13(10-17)11(3)9-12(4)15-14/h9,17H,5-8,10H2,1-4H3. The molecule has 17 heavy (non-hydrogen) atoms. The average Bonchev–Trinajstić information content (AvgIpc) is 2.28. The number of rotatable bonds is 6. The molecule has 0 atom stereocenters. The number of hydrogen-bond acceptors (Lipinski definition) is 3. The normalized spacial score (nSPS) is 10.6. The van der Waals surface area contributed by atoms with Gasteiger partial charge in [0.05, 0.1) is 6.61 Å². The molecule has 1 N–H and O–H groups in total. The number of anilines is 1. The summed E-state index contributed by atoms with van der Waals surface area (Å²) in [7, 11) is 0. The second kappa shape index (κ2) is 6.60. The van der Waals surface area contributed by atoms with E-state index in [1.165, 1.54) is 0 Å². The molecule has 0 spiro atoms. The highest BCUT2D eigenvalue weighted by Gasteiger charge is 2.13. The monoisotopic (exact) mass is 236 g/mol. The Morgan fingerprint density at radius 2 is 1.76 bits per heavy atom. The zero-order chi connectivity index (χ0) is 12.8. The third kappa shape index (κ3) is 3.43. The number of aromatic nitrogens is 1. The highest BCUT2D eigenvalue weighted by molar-refractivity contribution is 5.51. The molecule has 0 aromatic carbocycles. The number of aryl methyl sites for hydroxylation is 2. The van der Waals surface area contributed by atoms with Crippen LogP contribution in [0, 0.1) is 13.8 Å². The van der Waals surface area contributed by atoms with Crippen LogP contribution in [0.3, 0.4) is 0 Å². The van der Waals surface area contributed by atoms with Crippen molar-refractivity contribution in [3.63, 3.8) is 0 Å². The van der Waals surface area contributed by atoms with Crippen LogP contribution in [0.2, 0.25) is 0 Å². The fraction of sp³-hybridized carbons (Fsp3) is 0.643. The zero-order valence-corrected chi connectivity index (χ0v) is 11.5. The summed E-state index contributed by atoms with van der Waals surface area (Å²) in [6.07, 6.45) is 2.19. The van der Waals surface area contributed by atoms with Gasteiger partial charge >= 0.3 is 0 Å². The Hall–Kier alpha value is -1.09. The first kappa shape index (κ1) is 14.0. The molecule has 1 heterocycles. The first-order chi connectivity index (χ1) is 8.13. The lowest BCUT2D eigenvalue weighted by molar-refractivity contribution is 0.280. The summed E-state index contributed by atoms with van der Waals surface area (Å²) in [6.45, 7) is 10.5.